The molecule has 0 aliphatic heterocycles. The molecule has 1 aliphatic carbocycles. The molecule has 3 rings (SSSR count). The Morgan fingerprint density at radius 2 is 2.10 bits per heavy atom. The van der Waals surface area contributed by atoms with Crippen LogP contribution in [0.4, 0.5) is 5.69 Å². The lowest BCUT2D eigenvalue weighted by Crippen LogP contribution is -2.26. The Bertz CT molecular complexity index is 676. The van der Waals surface area contributed by atoms with Crippen LogP contribution in [0, 0.1) is 11.8 Å². The average molecular weight is 268 g/mol. The molecule has 0 spiro atoms. The van der Waals surface area contributed by atoms with E-state index in [9.17, 15) is 4.79 Å². The van der Waals surface area contributed by atoms with Gasteiger partial charge in [-0.2, -0.15) is 0 Å². The maximum Gasteiger partial charge on any atom is 0.169 e. The Kier molecular flexibility index (Phi) is 3.20. The van der Waals surface area contributed by atoms with Crippen LogP contribution >= 0.6 is 0 Å². The van der Waals surface area contributed by atoms with Gasteiger partial charge in [0, 0.05) is 11.3 Å². The van der Waals surface area contributed by atoms with Crippen LogP contribution in [0.15, 0.2) is 24.3 Å². The molecule has 1 heterocycles. The van der Waals surface area contributed by atoms with Crippen molar-refractivity contribution in [2.75, 3.05) is 5.73 Å². The molecule has 2 N–H and O–H groups in total. The number of nitrogens with two attached hydrogens (primary N) is 1. The third-order valence-corrected chi connectivity index (χ3v) is 4.11. The molecule has 104 valence electrons. The lowest BCUT2D eigenvalue weighted by molar-refractivity contribution is 0.0884. The van der Waals surface area contributed by atoms with E-state index in [4.69, 9.17) is 5.73 Å². The van der Waals surface area contributed by atoms with E-state index in [1.54, 1.807) is 0 Å². The van der Waals surface area contributed by atoms with Gasteiger partial charge in [-0.3, -0.25) is 9.78 Å². The molecule has 1 aromatic heterocycles. The summed E-state index contributed by atoms with van der Waals surface area (Å²) in [5.41, 5.74) is 9.33. The van der Waals surface area contributed by atoms with E-state index in [1.165, 1.54) is 0 Å². The van der Waals surface area contributed by atoms with Crippen LogP contribution in [-0.4, -0.2) is 10.8 Å². The third-order valence-electron chi connectivity index (χ3n) is 4.11. The lowest BCUT2D eigenvalue weighted by Gasteiger charge is -2.25. The van der Waals surface area contributed by atoms with Crippen molar-refractivity contribution in [3.8, 4) is 0 Å². The number of aromatic nitrogens is 1. The molecule has 0 saturated carbocycles. The van der Waals surface area contributed by atoms with Gasteiger partial charge in [-0.1, -0.05) is 32.0 Å². The fourth-order valence-corrected chi connectivity index (χ4v) is 3.19. The van der Waals surface area contributed by atoms with E-state index in [0.717, 1.165) is 35.9 Å². The zero-order valence-corrected chi connectivity index (χ0v) is 12.0. The highest BCUT2D eigenvalue weighted by atomic mass is 16.1. The number of hydrogen-bond donors (Lipinski definition) is 1. The number of Topliss-reactive ketones (excluding diaryl/α,β-unsaturated/α-hetero) is 1. The summed E-state index contributed by atoms with van der Waals surface area (Å²) in [4.78, 5) is 17.3. The maximum absolute atomic E-state index is 12.7. The monoisotopic (exact) mass is 268 g/mol. The van der Waals surface area contributed by atoms with Gasteiger partial charge in [-0.05, 0) is 31.2 Å². The largest absolute Gasteiger partial charge is 0.398 e. The number of nitrogen functional groups attached to an aromatic ring is 1. The van der Waals surface area contributed by atoms with Crippen molar-refractivity contribution in [3.63, 3.8) is 0 Å². The maximum atomic E-state index is 12.7. The standard InChI is InChI=1S/C17H20N2O/c1-10(2)9-11-7-8-14-15(17(11)20)16(18)12-5-3-4-6-13(12)19-14/h3-6,10-11H,7-9H2,1-2H3,(H2,18,19). The predicted octanol–water partition coefficient (Wildman–Crippen LogP) is 3.61. The van der Waals surface area contributed by atoms with Crippen molar-refractivity contribution >= 4 is 22.4 Å². The molecule has 3 nitrogen and oxygen atoms in total. The molecule has 0 bridgehead atoms. The first-order valence-corrected chi connectivity index (χ1v) is 7.29. The lowest BCUT2D eigenvalue weighted by atomic mass is 9.79. The first-order chi connectivity index (χ1) is 9.58. The summed E-state index contributed by atoms with van der Waals surface area (Å²) in [5.74, 6) is 0.823. The fraction of sp³-hybridized carbons (Fsp3) is 0.412. The summed E-state index contributed by atoms with van der Waals surface area (Å²) in [6.07, 6.45) is 2.69. The number of carbonyl (C=O) groups excluding carboxylic acids is 1. The topological polar surface area (TPSA) is 56.0 Å². The summed E-state index contributed by atoms with van der Waals surface area (Å²) >= 11 is 0. The molecule has 0 saturated heterocycles. The minimum Gasteiger partial charge on any atom is -0.398 e. The second-order valence-electron chi connectivity index (χ2n) is 6.09. The minimum atomic E-state index is 0.104. The molecule has 1 aliphatic rings. The van der Waals surface area contributed by atoms with Gasteiger partial charge in [-0.25, -0.2) is 0 Å². The second kappa shape index (κ2) is 4.89. The number of ketones is 1. The van der Waals surface area contributed by atoms with Gasteiger partial charge in [0.2, 0.25) is 0 Å². The van der Waals surface area contributed by atoms with Crippen molar-refractivity contribution in [1.82, 2.24) is 4.98 Å². The smallest absolute Gasteiger partial charge is 0.169 e. The van der Waals surface area contributed by atoms with E-state index in [2.05, 4.69) is 18.8 Å². The number of nitrogens with zero attached hydrogens (tertiary/aromatic N) is 1. The SMILES string of the molecule is CC(C)CC1CCc2nc3ccccc3c(N)c2C1=O. The van der Waals surface area contributed by atoms with Crippen LogP contribution in [0.25, 0.3) is 10.9 Å². The van der Waals surface area contributed by atoms with E-state index >= 15 is 0 Å². The number of para-hydroxylation sites is 1. The summed E-state index contributed by atoms with van der Waals surface area (Å²) in [6.45, 7) is 4.32. The van der Waals surface area contributed by atoms with Crippen molar-refractivity contribution in [1.29, 1.82) is 0 Å². The minimum absolute atomic E-state index is 0.104. The molecule has 20 heavy (non-hydrogen) atoms. The zero-order valence-electron chi connectivity index (χ0n) is 12.0. The fourth-order valence-electron chi connectivity index (χ4n) is 3.19. The molecule has 3 heteroatoms. The van der Waals surface area contributed by atoms with Gasteiger partial charge < -0.3 is 5.73 Å². The van der Waals surface area contributed by atoms with Gasteiger partial charge in [-0.15, -0.1) is 0 Å². The third kappa shape index (κ3) is 2.07. The Labute approximate surface area is 119 Å². The molecule has 2 aromatic rings. The Balaban J connectivity index is 2.12. The molecule has 0 fully saturated rings. The highest BCUT2D eigenvalue weighted by Crippen LogP contribution is 2.35. The van der Waals surface area contributed by atoms with Crippen LogP contribution in [0.5, 0.6) is 0 Å². The molecule has 1 unspecified atom stereocenters. The summed E-state index contributed by atoms with van der Waals surface area (Å²) < 4.78 is 0. The average Bonchev–Trinajstić information content (AvgIpc) is 2.42. The second-order valence-corrected chi connectivity index (χ2v) is 6.09. The van der Waals surface area contributed by atoms with Crippen LogP contribution in [0.3, 0.4) is 0 Å². The molecule has 0 radical (unpaired) electrons. The molecule has 1 aromatic carbocycles. The van der Waals surface area contributed by atoms with Crippen LogP contribution in [0.2, 0.25) is 0 Å². The number of pyridine rings is 1. The first kappa shape index (κ1) is 13.1. The summed E-state index contributed by atoms with van der Waals surface area (Å²) in [5, 5.41) is 0.893. The number of anilines is 1. The van der Waals surface area contributed by atoms with Crippen molar-refractivity contribution in [2.45, 2.75) is 33.1 Å². The Hall–Kier alpha value is -1.90. The molecule has 1 atom stereocenters. The van der Waals surface area contributed by atoms with E-state index in [0.29, 0.717) is 17.2 Å². The van der Waals surface area contributed by atoms with Crippen LogP contribution in [0.1, 0.15) is 42.7 Å². The number of hydrogen-bond acceptors (Lipinski definition) is 3. The van der Waals surface area contributed by atoms with Gasteiger partial charge in [0.1, 0.15) is 0 Å². The Morgan fingerprint density at radius 3 is 2.85 bits per heavy atom. The van der Waals surface area contributed by atoms with Gasteiger partial charge in [0.15, 0.2) is 5.78 Å². The zero-order chi connectivity index (χ0) is 14.3. The van der Waals surface area contributed by atoms with Gasteiger partial charge in [0.25, 0.3) is 0 Å². The Morgan fingerprint density at radius 1 is 1.35 bits per heavy atom. The molecular formula is C17H20N2O. The number of carbonyl (C=O) groups is 1. The van der Waals surface area contributed by atoms with Crippen LogP contribution in [-0.2, 0) is 6.42 Å². The summed E-state index contributed by atoms with van der Waals surface area (Å²) in [6, 6.07) is 7.78. The summed E-state index contributed by atoms with van der Waals surface area (Å²) in [7, 11) is 0. The number of benzene rings is 1. The number of fused-ring (bicyclic) bond motifs is 2. The van der Waals surface area contributed by atoms with Crippen LogP contribution < -0.4 is 5.73 Å². The van der Waals surface area contributed by atoms with E-state index in [1.807, 2.05) is 24.3 Å². The highest BCUT2D eigenvalue weighted by Gasteiger charge is 2.31. The van der Waals surface area contributed by atoms with E-state index < -0.39 is 0 Å². The molecule has 0 amide bonds. The highest BCUT2D eigenvalue weighted by molar-refractivity contribution is 6.10. The van der Waals surface area contributed by atoms with E-state index in [-0.39, 0.29) is 11.7 Å². The van der Waals surface area contributed by atoms with Gasteiger partial charge in [0.05, 0.1) is 22.5 Å². The predicted molar refractivity (Wildman–Crippen MR) is 81.8 cm³/mol. The number of aryl methyl sites for hydroxylation is 1. The first-order valence-electron chi connectivity index (χ1n) is 7.29. The normalized spacial score (nSPS) is 18.6. The van der Waals surface area contributed by atoms with Crippen molar-refractivity contribution in [3.05, 3.63) is 35.5 Å². The molecular weight excluding hydrogens is 248 g/mol. The number of rotatable bonds is 2. The van der Waals surface area contributed by atoms with Crippen molar-refractivity contribution in [2.24, 2.45) is 11.8 Å². The van der Waals surface area contributed by atoms with Crippen molar-refractivity contribution < 1.29 is 4.79 Å². The van der Waals surface area contributed by atoms with Gasteiger partial charge >= 0.3 is 0 Å². The quantitative estimate of drug-likeness (QED) is 0.905.